The summed E-state index contributed by atoms with van der Waals surface area (Å²) in [6.07, 6.45) is 5.06. The number of nitrogens with one attached hydrogen (secondary N) is 1. The summed E-state index contributed by atoms with van der Waals surface area (Å²) in [5.74, 6) is 0. The van der Waals surface area contributed by atoms with Gasteiger partial charge in [-0.05, 0) is 0 Å². The van der Waals surface area contributed by atoms with Crippen LogP contribution in [0.15, 0.2) is 32.3 Å². The fourth-order valence-corrected chi connectivity index (χ4v) is 2.73. The molecule has 2 nitrogen and oxygen atoms in total. The van der Waals surface area contributed by atoms with Gasteiger partial charge in [0.1, 0.15) is 0 Å². The van der Waals surface area contributed by atoms with Crippen LogP contribution < -0.4 is 30.1 Å². The summed E-state index contributed by atoms with van der Waals surface area (Å²) in [7, 11) is 0. The Morgan fingerprint density at radius 1 is 1.28 bits per heavy atom. The molecule has 101 valence electrons. The van der Waals surface area contributed by atoms with Gasteiger partial charge in [0.15, 0.2) is 0 Å². The molecule has 0 aliphatic heterocycles. The molecule has 1 aliphatic carbocycles. The molecular formula is C13H20Cl2NOZr. The van der Waals surface area contributed by atoms with Gasteiger partial charge < -0.3 is 24.8 Å². The number of hydrogen-bond donors (Lipinski definition) is 2. The van der Waals surface area contributed by atoms with E-state index in [2.05, 4.69) is 45.2 Å². The Kier molecular flexibility index (Phi) is 9.89. The number of halogens is 2. The van der Waals surface area contributed by atoms with Crippen molar-refractivity contribution >= 4 is 0 Å². The fourth-order valence-electron chi connectivity index (χ4n) is 1.64. The summed E-state index contributed by atoms with van der Waals surface area (Å²) in [4.78, 5) is 0. The molecule has 0 radical (unpaired) electrons. The van der Waals surface area contributed by atoms with Crippen molar-refractivity contribution in [1.29, 1.82) is 0 Å². The topological polar surface area (TPSA) is 32.3 Å². The molecule has 0 aromatic rings. The van der Waals surface area contributed by atoms with Gasteiger partial charge in [-0.3, -0.25) is 0 Å². The molecule has 0 amide bonds. The zero-order chi connectivity index (χ0) is 12.3. The maximum atomic E-state index is 8.95. The molecule has 0 atom stereocenters. The van der Waals surface area contributed by atoms with E-state index in [-0.39, 0.29) is 37.0 Å². The first-order valence-corrected chi connectivity index (χ1v) is 6.81. The third kappa shape index (κ3) is 6.06. The minimum atomic E-state index is 0. The second-order valence-electron chi connectivity index (χ2n) is 5.16. The first kappa shape index (κ1) is 20.8. The molecule has 0 spiro atoms. The predicted molar refractivity (Wildman–Crippen MR) is 63.5 cm³/mol. The molecule has 5 heteroatoms. The Labute approximate surface area is 138 Å². The van der Waals surface area contributed by atoms with E-state index < -0.39 is 0 Å². The SMILES string of the molecule is CC(CCO)=C1C=CC(NC(C)(C)C)=[C]1[Zr+2].[Cl-].[Cl-]. The van der Waals surface area contributed by atoms with E-state index in [1.54, 1.807) is 0 Å². The summed E-state index contributed by atoms with van der Waals surface area (Å²) < 4.78 is 1.37. The standard InChI is InChI=1S/C13H20NO.2ClH.Zr/c1-10(7-8-15)11-5-6-12(9-11)14-13(2,3)4;;;/h5-6,14-15H,7-8H2,1-4H3;2*1H;/q;;;+2/p-2. The van der Waals surface area contributed by atoms with Gasteiger partial charge in [0, 0.05) is 0 Å². The third-order valence-electron chi connectivity index (χ3n) is 2.41. The Morgan fingerprint density at radius 2 is 1.83 bits per heavy atom. The number of allylic oxidation sites excluding steroid dienone is 4. The number of aliphatic hydroxyl groups excluding tert-OH is 1. The van der Waals surface area contributed by atoms with Crippen molar-refractivity contribution in [3.63, 3.8) is 0 Å². The van der Waals surface area contributed by atoms with E-state index in [4.69, 9.17) is 5.11 Å². The minimum absolute atomic E-state index is 0. The average molecular weight is 368 g/mol. The van der Waals surface area contributed by atoms with Crippen LogP contribution in [0.2, 0.25) is 0 Å². The second kappa shape index (κ2) is 8.58. The van der Waals surface area contributed by atoms with Crippen LogP contribution in [-0.2, 0) is 24.7 Å². The molecular weight excluding hydrogens is 348 g/mol. The molecule has 2 N–H and O–H groups in total. The van der Waals surface area contributed by atoms with Crippen molar-refractivity contribution in [3.8, 4) is 0 Å². The van der Waals surface area contributed by atoms with Crippen LogP contribution in [0.3, 0.4) is 0 Å². The van der Waals surface area contributed by atoms with Crippen molar-refractivity contribution in [3.05, 3.63) is 32.3 Å². The van der Waals surface area contributed by atoms with Crippen LogP contribution in [0, 0.1) is 0 Å². The van der Waals surface area contributed by atoms with E-state index in [1.165, 1.54) is 44.8 Å². The molecule has 0 aromatic carbocycles. The third-order valence-corrected chi connectivity index (χ3v) is 3.74. The molecule has 1 aliphatic rings. The smallest absolute Gasteiger partial charge is 1.00 e. The Morgan fingerprint density at radius 3 is 2.28 bits per heavy atom. The Hall–Kier alpha value is 0.443. The van der Waals surface area contributed by atoms with Gasteiger partial charge in [0.2, 0.25) is 0 Å². The summed E-state index contributed by atoms with van der Waals surface area (Å²) in [6.45, 7) is 8.83. The first-order chi connectivity index (χ1) is 7.35. The normalized spacial score (nSPS) is 17.3. The molecule has 0 fully saturated rings. The second-order valence-corrected chi connectivity index (χ2v) is 6.39. The molecule has 0 unspecified atom stereocenters. The monoisotopic (exact) mass is 366 g/mol. The Balaban J connectivity index is 0. The summed E-state index contributed by atoms with van der Waals surface area (Å²) >= 11 is 1.42. The van der Waals surface area contributed by atoms with Crippen LogP contribution in [0.5, 0.6) is 0 Å². The number of rotatable bonds is 3. The van der Waals surface area contributed by atoms with Gasteiger partial charge in [0.25, 0.3) is 0 Å². The summed E-state index contributed by atoms with van der Waals surface area (Å²) in [5, 5.41) is 12.5. The van der Waals surface area contributed by atoms with Crippen LogP contribution in [-0.4, -0.2) is 17.3 Å². The summed E-state index contributed by atoms with van der Waals surface area (Å²) in [6, 6.07) is 0. The van der Waals surface area contributed by atoms with Gasteiger partial charge in [-0.2, -0.15) is 0 Å². The zero-order valence-electron chi connectivity index (χ0n) is 11.3. The van der Waals surface area contributed by atoms with Gasteiger partial charge in [-0.1, -0.05) is 0 Å². The van der Waals surface area contributed by atoms with Gasteiger partial charge >= 0.3 is 114 Å². The van der Waals surface area contributed by atoms with E-state index >= 15 is 0 Å². The van der Waals surface area contributed by atoms with E-state index in [0.29, 0.717) is 0 Å². The number of aliphatic hydroxyl groups is 1. The molecule has 0 bridgehead atoms. The quantitative estimate of drug-likeness (QED) is 0.540. The van der Waals surface area contributed by atoms with Crippen LogP contribution in [0.4, 0.5) is 0 Å². The molecule has 0 saturated heterocycles. The molecule has 0 heterocycles. The van der Waals surface area contributed by atoms with Crippen LogP contribution >= 0.6 is 0 Å². The Bertz CT molecular complexity index is 368. The molecule has 1 rings (SSSR count). The maximum Gasteiger partial charge on any atom is -1.00 e. The van der Waals surface area contributed by atoms with Gasteiger partial charge in [-0.25, -0.2) is 0 Å². The van der Waals surface area contributed by atoms with Crippen LogP contribution in [0.1, 0.15) is 34.1 Å². The van der Waals surface area contributed by atoms with Crippen molar-refractivity contribution in [2.45, 2.75) is 39.7 Å². The number of hydrogen-bond acceptors (Lipinski definition) is 2. The summed E-state index contributed by atoms with van der Waals surface area (Å²) in [5.41, 5.74) is 3.91. The zero-order valence-corrected chi connectivity index (χ0v) is 15.2. The van der Waals surface area contributed by atoms with E-state index in [9.17, 15) is 0 Å². The predicted octanol–water partition coefficient (Wildman–Crippen LogP) is -3.59. The fraction of sp³-hybridized carbons (Fsp3) is 0.538. The van der Waals surface area contributed by atoms with Crippen molar-refractivity contribution in [2.24, 2.45) is 0 Å². The largest absolute Gasteiger partial charge is 1.00 e. The van der Waals surface area contributed by atoms with Gasteiger partial charge in [-0.15, -0.1) is 0 Å². The average Bonchev–Trinajstić information content (AvgIpc) is 2.46. The van der Waals surface area contributed by atoms with Gasteiger partial charge in [0.05, 0.1) is 0 Å². The van der Waals surface area contributed by atoms with E-state index in [0.717, 1.165) is 6.42 Å². The molecule has 0 aromatic heterocycles. The minimum Gasteiger partial charge on any atom is -1.00 e. The van der Waals surface area contributed by atoms with E-state index in [1.807, 2.05) is 0 Å². The molecule has 0 saturated carbocycles. The van der Waals surface area contributed by atoms with Crippen molar-refractivity contribution in [2.75, 3.05) is 6.61 Å². The van der Waals surface area contributed by atoms with Crippen molar-refractivity contribution in [1.82, 2.24) is 5.32 Å². The molecule has 18 heavy (non-hydrogen) atoms. The van der Waals surface area contributed by atoms with Crippen LogP contribution in [0.25, 0.3) is 0 Å². The van der Waals surface area contributed by atoms with Crippen molar-refractivity contribution < 1.29 is 54.6 Å². The first-order valence-electron chi connectivity index (χ1n) is 5.58. The maximum absolute atomic E-state index is 8.95.